The summed E-state index contributed by atoms with van der Waals surface area (Å²) in [5.41, 5.74) is 0. The molecule has 0 aliphatic carbocycles. The fourth-order valence-electron chi connectivity index (χ4n) is 0.546. The number of alkyl halides is 7. The average molecular weight is 250 g/mol. The second kappa shape index (κ2) is 4.52. The van der Waals surface area contributed by atoms with Crippen molar-refractivity contribution in [1.82, 2.24) is 5.32 Å². The minimum Gasteiger partial charge on any atom is -0.256 e. The highest BCUT2D eigenvalue weighted by Gasteiger charge is 2.60. The monoisotopic (exact) mass is 249 g/mol. The Balaban J connectivity index is 0. The predicted octanol–water partition coefficient (Wildman–Crippen LogP) is 2.81. The van der Waals surface area contributed by atoms with Crippen LogP contribution in [0.5, 0.6) is 0 Å². The molecule has 14 heavy (non-hydrogen) atoms. The van der Waals surface area contributed by atoms with Gasteiger partial charge in [0.15, 0.2) is 0 Å². The maximum atomic E-state index is 12.2. The SMILES string of the molecule is CNC(F)(F)C(F)(F)CC(F)(F)F.Cl. The number of nitrogens with one attached hydrogen (secondary N) is 1. The Morgan fingerprint density at radius 3 is 1.50 bits per heavy atom. The van der Waals surface area contributed by atoms with Gasteiger partial charge in [0.25, 0.3) is 0 Å². The lowest BCUT2D eigenvalue weighted by atomic mass is 10.2. The Labute approximate surface area is 81.1 Å². The van der Waals surface area contributed by atoms with Gasteiger partial charge in [0.05, 0.1) is 0 Å². The first-order valence-electron chi connectivity index (χ1n) is 3.03. The maximum absolute atomic E-state index is 12.2. The van der Waals surface area contributed by atoms with Crippen LogP contribution in [0.4, 0.5) is 30.7 Å². The van der Waals surface area contributed by atoms with E-state index in [1.165, 1.54) is 0 Å². The molecule has 88 valence electrons. The highest BCUT2D eigenvalue weighted by molar-refractivity contribution is 5.85. The van der Waals surface area contributed by atoms with E-state index < -0.39 is 24.6 Å². The minimum absolute atomic E-state index is 0. The van der Waals surface area contributed by atoms with Crippen LogP contribution >= 0.6 is 12.4 Å². The van der Waals surface area contributed by atoms with E-state index in [0.717, 1.165) is 5.32 Å². The zero-order valence-electron chi connectivity index (χ0n) is 6.76. The Morgan fingerprint density at radius 1 is 0.929 bits per heavy atom. The van der Waals surface area contributed by atoms with Crippen molar-refractivity contribution in [1.29, 1.82) is 0 Å². The quantitative estimate of drug-likeness (QED) is 0.599. The number of hydrogen-bond donors (Lipinski definition) is 1. The lowest BCUT2D eigenvalue weighted by Crippen LogP contribution is -2.52. The molecule has 0 aliphatic rings. The molecule has 0 saturated heterocycles. The maximum Gasteiger partial charge on any atom is 0.395 e. The van der Waals surface area contributed by atoms with Gasteiger partial charge < -0.3 is 0 Å². The van der Waals surface area contributed by atoms with Crippen LogP contribution in [0.15, 0.2) is 0 Å². The van der Waals surface area contributed by atoms with Crippen LogP contribution in [0.25, 0.3) is 0 Å². The van der Waals surface area contributed by atoms with E-state index in [4.69, 9.17) is 0 Å². The lowest BCUT2D eigenvalue weighted by molar-refractivity contribution is -0.272. The van der Waals surface area contributed by atoms with Crippen molar-refractivity contribution >= 4 is 12.4 Å². The average Bonchev–Trinajstić information content (AvgIpc) is 1.81. The highest BCUT2D eigenvalue weighted by atomic mass is 35.5. The molecule has 0 aromatic heterocycles. The summed E-state index contributed by atoms with van der Waals surface area (Å²) in [6.07, 6.45) is -8.18. The molecule has 1 nitrogen and oxygen atoms in total. The summed E-state index contributed by atoms with van der Waals surface area (Å²) in [5.74, 6) is -5.14. The van der Waals surface area contributed by atoms with Gasteiger partial charge in [-0.05, 0) is 7.05 Å². The third kappa shape index (κ3) is 4.32. The number of rotatable bonds is 3. The summed E-state index contributed by atoms with van der Waals surface area (Å²) in [5, 5.41) is 0.821. The third-order valence-electron chi connectivity index (χ3n) is 1.20. The molecule has 0 aliphatic heterocycles. The van der Waals surface area contributed by atoms with Crippen molar-refractivity contribution in [2.24, 2.45) is 0 Å². The summed E-state index contributed by atoms with van der Waals surface area (Å²) < 4.78 is 82.7. The van der Waals surface area contributed by atoms with E-state index in [2.05, 4.69) is 0 Å². The summed E-state index contributed by atoms with van der Waals surface area (Å²) in [6, 6.07) is -4.86. The van der Waals surface area contributed by atoms with Crippen LogP contribution in [0.2, 0.25) is 0 Å². The topological polar surface area (TPSA) is 12.0 Å². The molecule has 0 aromatic carbocycles. The van der Waals surface area contributed by atoms with E-state index in [-0.39, 0.29) is 12.4 Å². The fourth-order valence-corrected chi connectivity index (χ4v) is 0.546. The number of hydrogen-bond acceptors (Lipinski definition) is 1. The molecular formula is C5H7ClF7N. The second-order valence-corrected chi connectivity index (χ2v) is 2.32. The first-order chi connectivity index (χ1) is 5.52. The van der Waals surface area contributed by atoms with Crippen LogP contribution in [-0.2, 0) is 0 Å². The number of halogens is 8. The summed E-state index contributed by atoms with van der Waals surface area (Å²) >= 11 is 0. The molecule has 0 aromatic rings. The van der Waals surface area contributed by atoms with Crippen molar-refractivity contribution in [3.05, 3.63) is 0 Å². The Kier molecular flexibility index (Phi) is 5.23. The smallest absolute Gasteiger partial charge is 0.256 e. The standard InChI is InChI=1S/C5H6F7N.ClH/c1-13-5(11,12)3(6,7)2-4(8,9)10;/h13H,2H2,1H3;1H. The first kappa shape index (κ1) is 16.2. The van der Waals surface area contributed by atoms with Crippen LogP contribution < -0.4 is 5.32 Å². The lowest BCUT2D eigenvalue weighted by Gasteiger charge is -2.26. The fraction of sp³-hybridized carbons (Fsp3) is 1.00. The van der Waals surface area contributed by atoms with E-state index in [1.807, 2.05) is 0 Å². The molecule has 0 amide bonds. The molecule has 0 fully saturated rings. The molecule has 0 heterocycles. The van der Waals surface area contributed by atoms with Gasteiger partial charge in [-0.3, -0.25) is 5.32 Å². The molecule has 1 N–H and O–H groups in total. The predicted molar refractivity (Wildman–Crippen MR) is 36.9 cm³/mol. The Morgan fingerprint density at radius 2 is 1.29 bits per heavy atom. The van der Waals surface area contributed by atoms with Crippen molar-refractivity contribution in [3.8, 4) is 0 Å². The normalized spacial score (nSPS) is 13.7. The molecule has 0 unspecified atom stereocenters. The molecule has 0 saturated carbocycles. The van der Waals surface area contributed by atoms with Crippen LogP contribution in [0.3, 0.4) is 0 Å². The van der Waals surface area contributed by atoms with Crippen LogP contribution in [0.1, 0.15) is 6.42 Å². The molecule has 0 radical (unpaired) electrons. The highest BCUT2D eigenvalue weighted by Crippen LogP contribution is 2.40. The largest absolute Gasteiger partial charge is 0.395 e. The second-order valence-electron chi connectivity index (χ2n) is 2.32. The van der Waals surface area contributed by atoms with E-state index in [1.54, 1.807) is 0 Å². The van der Waals surface area contributed by atoms with Gasteiger partial charge in [0, 0.05) is 0 Å². The van der Waals surface area contributed by atoms with Gasteiger partial charge in [-0.2, -0.15) is 30.7 Å². The zero-order valence-corrected chi connectivity index (χ0v) is 7.58. The van der Waals surface area contributed by atoms with Gasteiger partial charge in [-0.1, -0.05) is 0 Å². The first-order valence-corrected chi connectivity index (χ1v) is 3.03. The van der Waals surface area contributed by atoms with E-state index in [0.29, 0.717) is 7.05 Å². The molecule has 9 heteroatoms. The van der Waals surface area contributed by atoms with Crippen molar-refractivity contribution in [2.75, 3.05) is 7.05 Å². The van der Waals surface area contributed by atoms with Gasteiger partial charge in [-0.15, -0.1) is 12.4 Å². The molecule has 0 spiro atoms. The third-order valence-corrected chi connectivity index (χ3v) is 1.20. The van der Waals surface area contributed by atoms with Crippen molar-refractivity contribution in [3.63, 3.8) is 0 Å². The summed E-state index contributed by atoms with van der Waals surface area (Å²) in [7, 11) is 0.449. The van der Waals surface area contributed by atoms with Gasteiger partial charge in [0.2, 0.25) is 0 Å². The van der Waals surface area contributed by atoms with Crippen LogP contribution in [-0.4, -0.2) is 25.2 Å². The Bertz CT molecular complexity index is 177. The molecule has 0 atom stereocenters. The Hall–Kier alpha value is -0.240. The van der Waals surface area contributed by atoms with E-state index >= 15 is 0 Å². The summed E-state index contributed by atoms with van der Waals surface area (Å²) in [4.78, 5) is 0. The van der Waals surface area contributed by atoms with E-state index in [9.17, 15) is 30.7 Å². The molecule has 0 bridgehead atoms. The van der Waals surface area contributed by atoms with Gasteiger partial charge in [-0.25, -0.2) is 0 Å². The van der Waals surface area contributed by atoms with Crippen molar-refractivity contribution < 1.29 is 30.7 Å². The van der Waals surface area contributed by atoms with Crippen molar-refractivity contribution in [2.45, 2.75) is 24.6 Å². The zero-order chi connectivity index (χ0) is 10.9. The van der Waals surface area contributed by atoms with Gasteiger partial charge >= 0.3 is 18.1 Å². The van der Waals surface area contributed by atoms with Gasteiger partial charge in [0.1, 0.15) is 6.42 Å². The van der Waals surface area contributed by atoms with Crippen LogP contribution in [0, 0.1) is 0 Å². The molecular weight excluding hydrogens is 243 g/mol. The summed E-state index contributed by atoms with van der Waals surface area (Å²) in [6.45, 7) is 0. The molecule has 0 rings (SSSR count). The minimum atomic E-state index is -5.33.